The van der Waals surface area contributed by atoms with E-state index in [1.807, 2.05) is 36.7 Å². The lowest BCUT2D eigenvalue weighted by Gasteiger charge is -2.19. The Kier molecular flexibility index (Phi) is 18.9. The predicted molar refractivity (Wildman–Crippen MR) is 545 cm³/mol. The minimum absolute atomic E-state index is 0.914. The molecule has 0 aliphatic rings. The lowest BCUT2D eigenvalue weighted by molar-refractivity contribution is 0.670. The monoisotopic (exact) mass is 1640 g/mol. The Morgan fingerprint density at radius 2 is 0.465 bits per heavy atom. The Morgan fingerprint density at radius 1 is 0.163 bits per heavy atom. The molecule has 602 valence electrons. The summed E-state index contributed by atoms with van der Waals surface area (Å²) in [6.45, 7) is 0. The van der Waals surface area contributed by atoms with Crippen LogP contribution in [0.4, 0.5) is 0 Å². The molecule has 5 heterocycles. The maximum atomic E-state index is 6.45. The fourth-order valence-electron chi connectivity index (χ4n) is 20.1. The molecule has 0 amide bonds. The summed E-state index contributed by atoms with van der Waals surface area (Å²) < 4.78 is 11.2. The Labute approximate surface area is 745 Å². The van der Waals surface area contributed by atoms with Crippen LogP contribution in [0.3, 0.4) is 0 Å². The fraction of sp³-hybridized carbons (Fsp3) is 0. The average Bonchev–Trinajstić information content (AvgIpc) is 0.879. The molecular weight excluding hydrogens is 1560 g/mol. The first-order chi connectivity index (χ1) is 64.0. The minimum atomic E-state index is 0.914. The molecule has 26 rings (SSSR count). The van der Waals surface area contributed by atoms with Crippen LogP contribution in [0, 0.1) is 0 Å². The summed E-state index contributed by atoms with van der Waals surface area (Å²) in [5.41, 5.74) is 32.7. The highest BCUT2D eigenvalue weighted by Crippen LogP contribution is 2.49. The molecule has 0 saturated heterocycles. The van der Waals surface area contributed by atoms with Crippen molar-refractivity contribution in [2.45, 2.75) is 0 Å². The highest BCUT2D eigenvalue weighted by molar-refractivity contribution is 6.24. The van der Waals surface area contributed by atoms with Gasteiger partial charge in [0.05, 0.1) is 33.1 Å². The van der Waals surface area contributed by atoms with Crippen molar-refractivity contribution < 1.29 is 4.42 Å². The smallest absolute Gasteiger partial charge is 0.143 e. The molecule has 129 heavy (non-hydrogen) atoms. The van der Waals surface area contributed by atoms with E-state index in [0.29, 0.717) is 0 Å². The van der Waals surface area contributed by atoms with E-state index in [1.165, 1.54) is 181 Å². The third-order valence-electron chi connectivity index (χ3n) is 26.0. The number of pyridine rings is 2. The molecule has 0 unspecified atom stereocenters. The van der Waals surface area contributed by atoms with E-state index in [1.54, 1.807) is 0 Å². The van der Waals surface area contributed by atoms with Gasteiger partial charge in [0.15, 0.2) is 0 Å². The fourth-order valence-corrected chi connectivity index (χ4v) is 20.1. The van der Waals surface area contributed by atoms with Gasteiger partial charge in [0.2, 0.25) is 0 Å². The largest absolute Gasteiger partial charge is 0.455 e. The lowest BCUT2D eigenvalue weighted by atomic mass is 9.85. The van der Waals surface area contributed by atoms with Crippen molar-refractivity contribution in [3.05, 3.63) is 486 Å². The number of fused-ring (bicyclic) bond motifs is 16. The Bertz CT molecular complexity index is 8650. The van der Waals surface area contributed by atoms with Gasteiger partial charge in [-0.25, -0.2) is 0 Å². The molecule has 0 N–H and O–H groups in total. The van der Waals surface area contributed by atoms with E-state index in [0.717, 1.165) is 60.6 Å². The highest BCUT2D eigenvalue weighted by Gasteiger charge is 2.23. The summed E-state index contributed by atoms with van der Waals surface area (Å²) in [7, 11) is 0. The second kappa shape index (κ2) is 32.2. The molecule has 0 spiro atoms. The van der Waals surface area contributed by atoms with Crippen LogP contribution >= 0.6 is 0 Å². The first kappa shape index (κ1) is 75.6. The quantitative estimate of drug-likeness (QED) is 0.0958. The number of rotatable bonds is 11. The molecule has 5 nitrogen and oxygen atoms in total. The third-order valence-corrected chi connectivity index (χ3v) is 26.0. The number of hydrogen-bond donors (Lipinski definition) is 0. The summed E-state index contributed by atoms with van der Waals surface area (Å²) in [6.07, 6.45) is 3.75. The third kappa shape index (κ3) is 13.3. The van der Waals surface area contributed by atoms with Gasteiger partial charge in [-0.1, -0.05) is 388 Å². The second-order valence-corrected chi connectivity index (χ2v) is 33.2. The van der Waals surface area contributed by atoms with Crippen molar-refractivity contribution in [2.24, 2.45) is 0 Å². The van der Waals surface area contributed by atoms with Crippen LogP contribution in [0.5, 0.6) is 0 Å². The Balaban J connectivity index is 0.000000115. The SMILES string of the molecule is c1ccc(-c2c3ccccc3c(-c3ccc(-c4ccc5c(c4)c4ccccc4n5-c4ccccc4)cc3)c3ccccc23)cc1.c1ccc(-c2c3ccccc3c(-c3ccccc3)c3cc(-c4ccc(-n5c6ccccc6c6cc(-c7cccc8c7oc7ccccc78)ccc65)cc4)ccc23)cc1.c1ccc(-c2ccnc3c2ccc2c(-c4ccccc4)ccnc23)cc1. The summed E-state index contributed by atoms with van der Waals surface area (Å²) in [4.78, 5) is 9.34. The van der Waals surface area contributed by atoms with Gasteiger partial charge < -0.3 is 13.6 Å². The normalized spacial score (nSPS) is 11.6. The number of nitrogens with zero attached hydrogens (tertiary/aromatic N) is 4. The summed E-state index contributed by atoms with van der Waals surface area (Å²) in [5.74, 6) is 0. The van der Waals surface area contributed by atoms with Gasteiger partial charge >= 0.3 is 0 Å². The molecule has 0 radical (unpaired) electrons. The van der Waals surface area contributed by atoms with Gasteiger partial charge in [-0.05, 0) is 223 Å². The highest BCUT2D eigenvalue weighted by atomic mass is 16.3. The van der Waals surface area contributed by atoms with Gasteiger partial charge in [-0.2, -0.15) is 0 Å². The lowest BCUT2D eigenvalue weighted by Crippen LogP contribution is -1.94. The van der Waals surface area contributed by atoms with Crippen LogP contribution < -0.4 is 0 Å². The maximum Gasteiger partial charge on any atom is 0.143 e. The molecule has 0 fully saturated rings. The van der Waals surface area contributed by atoms with Gasteiger partial charge in [0.1, 0.15) is 11.2 Å². The molecule has 21 aromatic carbocycles. The van der Waals surface area contributed by atoms with Crippen molar-refractivity contribution >= 4 is 130 Å². The van der Waals surface area contributed by atoms with E-state index >= 15 is 0 Å². The molecule has 0 atom stereocenters. The molecule has 5 heteroatoms. The zero-order valence-electron chi connectivity index (χ0n) is 70.4. The van der Waals surface area contributed by atoms with E-state index < -0.39 is 0 Å². The second-order valence-electron chi connectivity index (χ2n) is 33.2. The van der Waals surface area contributed by atoms with Crippen LogP contribution in [-0.2, 0) is 0 Å². The first-order valence-electron chi connectivity index (χ1n) is 44.1. The number of para-hydroxylation sites is 5. The van der Waals surface area contributed by atoms with Crippen LogP contribution in [0.2, 0.25) is 0 Å². The summed E-state index contributed by atoms with van der Waals surface area (Å²) in [6, 6.07) is 170. The average molecular weight is 1640 g/mol. The van der Waals surface area contributed by atoms with Crippen molar-refractivity contribution in [3.8, 4) is 112 Å². The number of hydrogen-bond acceptors (Lipinski definition) is 3. The van der Waals surface area contributed by atoms with Crippen molar-refractivity contribution in [3.63, 3.8) is 0 Å². The predicted octanol–water partition coefficient (Wildman–Crippen LogP) is 33.9. The first-order valence-corrected chi connectivity index (χ1v) is 44.1. The van der Waals surface area contributed by atoms with E-state index in [4.69, 9.17) is 4.42 Å². The van der Waals surface area contributed by atoms with Crippen LogP contribution in [-0.4, -0.2) is 19.1 Å². The van der Waals surface area contributed by atoms with Gasteiger partial charge in [-0.15, -0.1) is 0 Å². The van der Waals surface area contributed by atoms with Crippen molar-refractivity contribution in [1.82, 2.24) is 19.1 Å². The molecule has 0 aliphatic carbocycles. The Morgan fingerprint density at radius 3 is 0.930 bits per heavy atom. The van der Waals surface area contributed by atoms with E-state index in [2.05, 4.69) is 468 Å². The number of aromatic nitrogens is 4. The standard InChI is InChI=1S/C56H35NO.C44H29N.C24H16N2/c1-3-14-37(15-4-1)54-45-20-7-8-21-46(45)55(38-16-5-2-6-17-38)50-34-39(28-32-47(50)54)36-26-30-41(31-27-36)57-51-24-11-9-18-43(51)49-35-40(29-33-52(49)57)42-22-13-23-48-44-19-10-12-25-53(44)58-56(42)48;1-3-13-31(14-4-1)43-36-18-7-9-20-38(36)44(39-21-10-8-19-37(39)43)32-25-23-30(24-26-32)33-27-28-42-40(29-33)35-17-11-12-22-41(35)45(42)34-15-5-2-6-16-34;1-3-7-17(8-4-1)19-13-15-25-23-21(19)11-12-22-20(14-16-26-24(22)23)18-9-5-2-6-10-18/h1-35H;1-29H;1-16H. The van der Waals surface area contributed by atoms with Gasteiger partial charge in [0.25, 0.3) is 0 Å². The van der Waals surface area contributed by atoms with Crippen LogP contribution in [0.25, 0.3) is 242 Å². The van der Waals surface area contributed by atoms with Gasteiger partial charge in [0, 0.05) is 72.4 Å². The minimum Gasteiger partial charge on any atom is -0.455 e. The molecule has 0 bridgehead atoms. The van der Waals surface area contributed by atoms with Crippen molar-refractivity contribution in [1.29, 1.82) is 0 Å². The topological polar surface area (TPSA) is 48.8 Å². The summed E-state index contributed by atoms with van der Waals surface area (Å²) >= 11 is 0. The maximum absolute atomic E-state index is 6.45. The molecular formula is C124H80N4O. The van der Waals surface area contributed by atoms with Gasteiger partial charge in [-0.3, -0.25) is 9.97 Å². The molecule has 5 aromatic heterocycles. The Hall–Kier alpha value is -17.1. The number of benzene rings is 21. The van der Waals surface area contributed by atoms with Crippen LogP contribution in [0.15, 0.2) is 490 Å². The molecule has 0 aliphatic heterocycles. The zero-order valence-corrected chi connectivity index (χ0v) is 70.4. The van der Waals surface area contributed by atoms with Crippen LogP contribution in [0.1, 0.15) is 0 Å². The van der Waals surface area contributed by atoms with Crippen molar-refractivity contribution in [2.75, 3.05) is 0 Å². The molecule has 0 saturated carbocycles. The zero-order chi connectivity index (χ0) is 85.2. The number of furan rings is 1. The summed E-state index contributed by atoms with van der Waals surface area (Å²) in [5, 5.41) is 19.7. The van der Waals surface area contributed by atoms with E-state index in [-0.39, 0.29) is 0 Å². The van der Waals surface area contributed by atoms with E-state index in [9.17, 15) is 0 Å². The molecule has 26 aromatic rings.